The van der Waals surface area contributed by atoms with Gasteiger partial charge < -0.3 is 10.2 Å². The third-order valence-corrected chi connectivity index (χ3v) is 5.76. The van der Waals surface area contributed by atoms with Crippen molar-refractivity contribution in [2.24, 2.45) is 5.92 Å². The Hall–Kier alpha value is -3.32. The highest BCUT2D eigenvalue weighted by molar-refractivity contribution is 9.10. The molecule has 7 heteroatoms. The monoisotopic (exact) mass is 520 g/mol. The minimum absolute atomic E-state index is 0.176. The highest BCUT2D eigenvalue weighted by Gasteiger charge is 2.18. The van der Waals surface area contributed by atoms with Crippen molar-refractivity contribution in [3.05, 3.63) is 83.1 Å². The van der Waals surface area contributed by atoms with E-state index in [1.807, 2.05) is 48.5 Å². The second-order valence-corrected chi connectivity index (χ2v) is 9.46. The van der Waals surface area contributed by atoms with Gasteiger partial charge in [-0.2, -0.15) is 0 Å². The quantitative estimate of drug-likeness (QED) is 0.281. The Bertz CT molecular complexity index is 1310. The van der Waals surface area contributed by atoms with Crippen LogP contribution in [0, 0.1) is 11.7 Å². The summed E-state index contributed by atoms with van der Waals surface area (Å²) in [5.41, 5.74) is 2.21. The van der Waals surface area contributed by atoms with Gasteiger partial charge in [0.25, 0.3) is 0 Å². The van der Waals surface area contributed by atoms with Gasteiger partial charge in [-0.05, 0) is 48.4 Å². The summed E-state index contributed by atoms with van der Waals surface area (Å²) in [6.07, 6.45) is 0.244. The summed E-state index contributed by atoms with van der Waals surface area (Å²) in [5, 5.41) is 3.72. The smallest absolute Gasteiger partial charge is 0.226 e. The number of para-hydroxylation sites is 1. The molecule has 0 spiro atoms. The minimum atomic E-state index is -0.383. The Kier molecular flexibility index (Phi) is 7.53. The van der Waals surface area contributed by atoms with Crippen LogP contribution in [0.1, 0.15) is 20.3 Å². The van der Waals surface area contributed by atoms with Crippen molar-refractivity contribution in [2.45, 2.75) is 20.3 Å². The van der Waals surface area contributed by atoms with Gasteiger partial charge in [-0.15, -0.1) is 0 Å². The van der Waals surface area contributed by atoms with E-state index in [1.54, 1.807) is 12.1 Å². The van der Waals surface area contributed by atoms with Crippen LogP contribution in [0.2, 0.25) is 0 Å². The van der Waals surface area contributed by atoms with Gasteiger partial charge in [-0.25, -0.2) is 14.4 Å². The molecule has 1 N–H and O–H groups in total. The van der Waals surface area contributed by atoms with Crippen LogP contribution in [0.15, 0.2) is 77.3 Å². The van der Waals surface area contributed by atoms with Crippen LogP contribution in [0.25, 0.3) is 22.3 Å². The number of hydrogen-bond acceptors (Lipinski definition) is 4. The number of rotatable bonds is 8. The van der Waals surface area contributed by atoms with Gasteiger partial charge in [0.15, 0.2) is 5.82 Å². The van der Waals surface area contributed by atoms with Crippen LogP contribution >= 0.6 is 15.9 Å². The molecule has 4 rings (SSSR count). The Morgan fingerprint density at radius 3 is 2.59 bits per heavy atom. The van der Waals surface area contributed by atoms with E-state index in [0.717, 1.165) is 33.3 Å². The van der Waals surface area contributed by atoms with E-state index in [2.05, 4.69) is 40.0 Å². The fraction of sp³-hybridized carbons (Fsp3) is 0.222. The molecule has 0 saturated heterocycles. The molecule has 5 nitrogen and oxygen atoms in total. The van der Waals surface area contributed by atoms with Gasteiger partial charge in [0, 0.05) is 40.6 Å². The molecule has 0 fully saturated rings. The van der Waals surface area contributed by atoms with Gasteiger partial charge in [0.2, 0.25) is 5.91 Å². The lowest BCUT2D eigenvalue weighted by Crippen LogP contribution is -2.32. The first kappa shape index (κ1) is 23.8. The van der Waals surface area contributed by atoms with Crippen molar-refractivity contribution >= 4 is 44.2 Å². The third kappa shape index (κ3) is 5.97. The van der Waals surface area contributed by atoms with Gasteiger partial charge in [0.05, 0.1) is 5.52 Å². The zero-order valence-electron chi connectivity index (χ0n) is 19.1. The van der Waals surface area contributed by atoms with Crippen molar-refractivity contribution in [2.75, 3.05) is 23.3 Å². The van der Waals surface area contributed by atoms with E-state index >= 15 is 0 Å². The summed E-state index contributed by atoms with van der Waals surface area (Å²) in [7, 11) is 0. The molecule has 1 heterocycles. The third-order valence-electron chi connectivity index (χ3n) is 5.27. The van der Waals surface area contributed by atoms with Crippen LogP contribution in [-0.4, -0.2) is 29.0 Å². The van der Waals surface area contributed by atoms with Gasteiger partial charge >= 0.3 is 0 Å². The summed E-state index contributed by atoms with van der Waals surface area (Å²) in [5.74, 6) is 1.23. The molecule has 0 atom stereocenters. The number of amides is 1. The lowest BCUT2D eigenvalue weighted by molar-refractivity contribution is -0.116. The number of aromatic nitrogens is 2. The predicted molar refractivity (Wildman–Crippen MR) is 139 cm³/mol. The number of fused-ring (bicyclic) bond motifs is 1. The van der Waals surface area contributed by atoms with Gasteiger partial charge in [-0.3, -0.25) is 4.79 Å². The average molecular weight is 521 g/mol. The number of hydrogen-bond donors (Lipinski definition) is 1. The van der Waals surface area contributed by atoms with E-state index in [4.69, 9.17) is 9.97 Å². The van der Waals surface area contributed by atoms with E-state index in [1.165, 1.54) is 12.1 Å². The first-order valence-corrected chi connectivity index (χ1v) is 12.0. The molecule has 1 aromatic heterocycles. The Morgan fingerprint density at radius 2 is 1.82 bits per heavy atom. The fourth-order valence-corrected chi connectivity index (χ4v) is 4.21. The number of nitrogens with zero attached hydrogens (tertiary/aromatic N) is 3. The first-order chi connectivity index (χ1) is 16.4. The number of nitrogens with one attached hydrogen (secondary N) is 1. The molecule has 0 aliphatic carbocycles. The summed E-state index contributed by atoms with van der Waals surface area (Å²) in [6.45, 7) is 5.47. The maximum atomic E-state index is 13.5. The van der Waals surface area contributed by atoms with Crippen LogP contribution in [0.4, 0.5) is 15.9 Å². The molecule has 0 radical (unpaired) electrons. The molecule has 0 aliphatic heterocycles. The number of halogens is 2. The van der Waals surface area contributed by atoms with Crippen LogP contribution in [0.5, 0.6) is 0 Å². The lowest BCUT2D eigenvalue weighted by atomic mass is 10.1. The molecule has 34 heavy (non-hydrogen) atoms. The SMILES string of the molecule is CC(C)CN(CCC(=O)Nc1cccc(F)c1)c1nc(-c2cccc(Br)c2)nc2ccccc12. The van der Waals surface area contributed by atoms with E-state index in [0.29, 0.717) is 24.0 Å². The highest BCUT2D eigenvalue weighted by atomic mass is 79.9. The van der Waals surface area contributed by atoms with Crippen molar-refractivity contribution in [1.82, 2.24) is 9.97 Å². The van der Waals surface area contributed by atoms with Crippen LogP contribution in [0.3, 0.4) is 0 Å². The Balaban J connectivity index is 1.65. The molecule has 4 aromatic rings. The normalized spacial score (nSPS) is 11.1. The maximum Gasteiger partial charge on any atom is 0.226 e. The predicted octanol–water partition coefficient (Wildman–Crippen LogP) is 6.69. The topological polar surface area (TPSA) is 58.1 Å². The summed E-state index contributed by atoms with van der Waals surface area (Å²) in [4.78, 5) is 24.5. The minimum Gasteiger partial charge on any atom is -0.355 e. The standard InChI is InChI=1S/C27H26BrFN4O/c1-18(2)17-33(14-13-25(34)30-22-10-6-9-21(29)16-22)27-23-11-3-4-12-24(23)31-26(32-27)19-7-5-8-20(28)15-19/h3-12,15-16,18H,13-14,17H2,1-2H3,(H,30,34). The zero-order chi connectivity index (χ0) is 24.1. The fourth-order valence-electron chi connectivity index (χ4n) is 3.81. The molecular formula is C27H26BrFN4O. The van der Waals surface area contributed by atoms with Gasteiger partial charge in [-0.1, -0.05) is 60.1 Å². The lowest BCUT2D eigenvalue weighted by Gasteiger charge is -2.27. The molecule has 0 saturated carbocycles. The summed E-state index contributed by atoms with van der Waals surface area (Å²) in [6, 6.07) is 21.7. The number of carbonyl (C=O) groups excluding carboxylic acids is 1. The first-order valence-electron chi connectivity index (χ1n) is 11.2. The van der Waals surface area contributed by atoms with Crippen LogP contribution in [-0.2, 0) is 4.79 Å². The van der Waals surface area contributed by atoms with E-state index in [-0.39, 0.29) is 18.1 Å². The van der Waals surface area contributed by atoms with Crippen molar-refractivity contribution < 1.29 is 9.18 Å². The Morgan fingerprint density at radius 1 is 1.03 bits per heavy atom. The second kappa shape index (κ2) is 10.7. The van der Waals surface area contributed by atoms with Crippen LogP contribution < -0.4 is 10.2 Å². The van der Waals surface area contributed by atoms with E-state index < -0.39 is 0 Å². The van der Waals surface area contributed by atoms with Crippen molar-refractivity contribution in [1.29, 1.82) is 0 Å². The molecule has 0 bridgehead atoms. The van der Waals surface area contributed by atoms with Crippen molar-refractivity contribution in [3.63, 3.8) is 0 Å². The molecule has 0 unspecified atom stereocenters. The highest BCUT2D eigenvalue weighted by Crippen LogP contribution is 2.29. The molecule has 0 aliphatic rings. The molecule has 3 aromatic carbocycles. The number of carbonyl (C=O) groups is 1. The van der Waals surface area contributed by atoms with E-state index in [9.17, 15) is 9.18 Å². The van der Waals surface area contributed by atoms with Gasteiger partial charge in [0.1, 0.15) is 11.6 Å². The summed E-state index contributed by atoms with van der Waals surface area (Å²) >= 11 is 3.53. The number of anilines is 2. The molecule has 1 amide bonds. The zero-order valence-corrected chi connectivity index (χ0v) is 20.7. The molecular weight excluding hydrogens is 495 g/mol. The average Bonchev–Trinajstić information content (AvgIpc) is 2.81. The summed E-state index contributed by atoms with van der Waals surface area (Å²) < 4.78 is 14.4. The maximum absolute atomic E-state index is 13.5. The second-order valence-electron chi connectivity index (χ2n) is 8.55. The Labute approximate surface area is 207 Å². The number of benzene rings is 3. The largest absolute Gasteiger partial charge is 0.355 e. The molecule has 174 valence electrons. The van der Waals surface area contributed by atoms with Crippen molar-refractivity contribution in [3.8, 4) is 11.4 Å².